The zero-order valence-electron chi connectivity index (χ0n) is 14.8. The Labute approximate surface area is 156 Å². The second-order valence-electron chi connectivity index (χ2n) is 5.98. The second-order valence-corrected chi connectivity index (χ2v) is 5.98. The molecule has 0 atom stereocenters. The summed E-state index contributed by atoms with van der Waals surface area (Å²) >= 11 is 0. The van der Waals surface area contributed by atoms with Crippen molar-refractivity contribution in [1.82, 2.24) is 4.90 Å². The zero-order chi connectivity index (χ0) is 19.4. The van der Waals surface area contributed by atoms with Gasteiger partial charge in [0.25, 0.3) is 17.7 Å². The smallest absolute Gasteiger partial charge is 0.277 e. The summed E-state index contributed by atoms with van der Waals surface area (Å²) in [5, 5.41) is 11.8. The maximum absolute atomic E-state index is 12.5. The quantitative estimate of drug-likeness (QED) is 0.760. The highest BCUT2D eigenvalue weighted by molar-refractivity contribution is 6.17. The van der Waals surface area contributed by atoms with Gasteiger partial charge in [-0.1, -0.05) is 18.2 Å². The van der Waals surface area contributed by atoms with Crippen molar-refractivity contribution in [2.45, 2.75) is 0 Å². The van der Waals surface area contributed by atoms with Crippen molar-refractivity contribution >= 4 is 29.1 Å². The molecule has 0 radical (unpaired) electrons. The molecule has 7 nitrogen and oxygen atoms in total. The van der Waals surface area contributed by atoms with Crippen molar-refractivity contribution in [2.24, 2.45) is 0 Å². The highest BCUT2D eigenvalue weighted by Gasteiger charge is 2.30. The van der Waals surface area contributed by atoms with E-state index in [2.05, 4.69) is 5.32 Å². The molecule has 0 fully saturated rings. The number of nitrogens with one attached hydrogen (secondary N) is 1. The highest BCUT2D eigenvalue weighted by atomic mass is 16.3. The lowest BCUT2D eigenvalue weighted by Gasteiger charge is -2.18. The first-order chi connectivity index (χ1) is 13.0. The second kappa shape index (κ2) is 7.84. The van der Waals surface area contributed by atoms with E-state index in [0.717, 1.165) is 4.90 Å². The molecule has 1 aliphatic rings. The molecule has 0 aromatic heterocycles. The van der Waals surface area contributed by atoms with Crippen LogP contribution in [0.15, 0.2) is 66.4 Å². The van der Waals surface area contributed by atoms with Crippen LogP contribution in [0.2, 0.25) is 0 Å². The van der Waals surface area contributed by atoms with Gasteiger partial charge in [0.1, 0.15) is 5.70 Å². The van der Waals surface area contributed by atoms with Crippen LogP contribution >= 0.6 is 0 Å². The van der Waals surface area contributed by atoms with Crippen LogP contribution in [0.1, 0.15) is 10.4 Å². The van der Waals surface area contributed by atoms with Crippen LogP contribution in [0.3, 0.4) is 0 Å². The SMILES string of the molecule is CN(C(=O)c1ccccc1)c1ccc(NC2=CC(=O)N(CCO)C2=O)cc1. The molecular formula is C20H19N3O4. The summed E-state index contributed by atoms with van der Waals surface area (Å²) in [6.07, 6.45) is 1.21. The number of imide groups is 1. The molecule has 0 spiro atoms. The van der Waals surface area contributed by atoms with Gasteiger partial charge in [-0.05, 0) is 36.4 Å². The number of aliphatic hydroxyl groups excluding tert-OH is 1. The maximum Gasteiger partial charge on any atom is 0.277 e. The minimum Gasteiger partial charge on any atom is -0.395 e. The maximum atomic E-state index is 12.5. The number of anilines is 2. The zero-order valence-corrected chi connectivity index (χ0v) is 14.8. The molecule has 1 aliphatic heterocycles. The van der Waals surface area contributed by atoms with Crippen LogP contribution in [-0.4, -0.2) is 47.9 Å². The summed E-state index contributed by atoms with van der Waals surface area (Å²) in [6, 6.07) is 15.9. The molecule has 2 aromatic carbocycles. The van der Waals surface area contributed by atoms with E-state index in [0.29, 0.717) is 16.9 Å². The summed E-state index contributed by atoms with van der Waals surface area (Å²) < 4.78 is 0. The van der Waals surface area contributed by atoms with Gasteiger partial charge >= 0.3 is 0 Å². The average Bonchev–Trinajstić information content (AvgIpc) is 2.96. The third-order valence-electron chi connectivity index (χ3n) is 4.19. The molecule has 3 rings (SSSR count). The molecule has 0 bridgehead atoms. The molecule has 1 heterocycles. The van der Waals surface area contributed by atoms with E-state index in [1.807, 2.05) is 18.2 Å². The Balaban J connectivity index is 1.69. The van der Waals surface area contributed by atoms with Crippen LogP contribution in [0.5, 0.6) is 0 Å². The lowest BCUT2D eigenvalue weighted by molar-refractivity contribution is -0.137. The first kappa shape index (κ1) is 18.3. The predicted octanol–water partition coefficient (Wildman–Crippen LogP) is 1.62. The third kappa shape index (κ3) is 3.88. The lowest BCUT2D eigenvalue weighted by atomic mass is 10.2. The topological polar surface area (TPSA) is 90.0 Å². The van der Waals surface area contributed by atoms with Crippen molar-refractivity contribution in [3.05, 3.63) is 71.9 Å². The van der Waals surface area contributed by atoms with Crippen LogP contribution in [0.25, 0.3) is 0 Å². The first-order valence-corrected chi connectivity index (χ1v) is 8.40. The van der Waals surface area contributed by atoms with Gasteiger partial charge in [-0.25, -0.2) is 0 Å². The fourth-order valence-electron chi connectivity index (χ4n) is 2.73. The lowest BCUT2D eigenvalue weighted by Crippen LogP contribution is -2.34. The molecule has 2 N–H and O–H groups in total. The standard InChI is InChI=1S/C20H19N3O4/c1-22(19(26)14-5-3-2-4-6-14)16-9-7-15(8-10-16)21-17-13-18(25)23(11-12-24)20(17)27/h2-10,13,21,24H,11-12H2,1H3. The van der Waals surface area contributed by atoms with Gasteiger partial charge in [-0.3, -0.25) is 19.3 Å². The molecule has 0 saturated heterocycles. The molecule has 27 heavy (non-hydrogen) atoms. The van der Waals surface area contributed by atoms with Crippen molar-refractivity contribution in [1.29, 1.82) is 0 Å². The van der Waals surface area contributed by atoms with Crippen LogP contribution < -0.4 is 10.2 Å². The molecule has 3 amide bonds. The number of amides is 3. The molecule has 138 valence electrons. The van der Waals surface area contributed by atoms with E-state index in [1.165, 1.54) is 11.0 Å². The third-order valence-corrected chi connectivity index (χ3v) is 4.19. The Kier molecular flexibility index (Phi) is 5.33. The summed E-state index contributed by atoms with van der Waals surface area (Å²) in [4.78, 5) is 38.9. The number of aliphatic hydroxyl groups is 1. The van der Waals surface area contributed by atoms with Crippen molar-refractivity contribution in [2.75, 3.05) is 30.4 Å². The summed E-state index contributed by atoms with van der Waals surface area (Å²) in [5.41, 5.74) is 2.04. The van der Waals surface area contributed by atoms with E-state index < -0.39 is 11.8 Å². The van der Waals surface area contributed by atoms with Crippen molar-refractivity contribution in [3.8, 4) is 0 Å². The number of carbonyl (C=O) groups is 3. The summed E-state index contributed by atoms with van der Waals surface area (Å²) in [7, 11) is 1.69. The molecule has 7 heteroatoms. The largest absolute Gasteiger partial charge is 0.395 e. The predicted molar refractivity (Wildman–Crippen MR) is 101 cm³/mol. The van der Waals surface area contributed by atoms with Crippen LogP contribution in [-0.2, 0) is 9.59 Å². The number of hydrogen-bond donors (Lipinski definition) is 2. The Hall–Kier alpha value is -3.45. The van der Waals surface area contributed by atoms with E-state index in [1.54, 1.807) is 43.4 Å². The monoisotopic (exact) mass is 365 g/mol. The molecular weight excluding hydrogens is 346 g/mol. The Morgan fingerprint density at radius 2 is 1.74 bits per heavy atom. The van der Waals surface area contributed by atoms with E-state index in [-0.39, 0.29) is 24.8 Å². The van der Waals surface area contributed by atoms with Gasteiger partial charge in [0, 0.05) is 30.1 Å². The Morgan fingerprint density at radius 1 is 1.07 bits per heavy atom. The normalized spacial score (nSPS) is 13.6. The number of hydrogen-bond acceptors (Lipinski definition) is 5. The van der Waals surface area contributed by atoms with Crippen molar-refractivity contribution in [3.63, 3.8) is 0 Å². The van der Waals surface area contributed by atoms with E-state index >= 15 is 0 Å². The molecule has 0 unspecified atom stereocenters. The number of nitrogens with zero attached hydrogens (tertiary/aromatic N) is 2. The van der Waals surface area contributed by atoms with Crippen LogP contribution in [0, 0.1) is 0 Å². The summed E-state index contributed by atoms with van der Waals surface area (Å²) in [5.74, 6) is -1.06. The van der Waals surface area contributed by atoms with Gasteiger partial charge in [0.15, 0.2) is 0 Å². The molecule has 0 aliphatic carbocycles. The Bertz CT molecular complexity index is 891. The minimum atomic E-state index is -0.477. The molecule has 0 saturated carbocycles. The average molecular weight is 365 g/mol. The summed E-state index contributed by atoms with van der Waals surface area (Å²) in [6.45, 7) is -0.320. The van der Waals surface area contributed by atoms with Gasteiger partial charge in [-0.2, -0.15) is 0 Å². The number of carbonyl (C=O) groups excluding carboxylic acids is 3. The minimum absolute atomic E-state index is 0.0370. The first-order valence-electron chi connectivity index (χ1n) is 8.40. The van der Waals surface area contributed by atoms with E-state index in [4.69, 9.17) is 5.11 Å². The van der Waals surface area contributed by atoms with Crippen molar-refractivity contribution < 1.29 is 19.5 Å². The van der Waals surface area contributed by atoms with Crippen LogP contribution in [0.4, 0.5) is 11.4 Å². The Morgan fingerprint density at radius 3 is 2.37 bits per heavy atom. The van der Waals surface area contributed by atoms with Gasteiger partial charge in [0.05, 0.1) is 13.2 Å². The highest BCUT2D eigenvalue weighted by Crippen LogP contribution is 2.21. The molecule has 2 aromatic rings. The fourth-order valence-corrected chi connectivity index (χ4v) is 2.73. The fraction of sp³-hybridized carbons (Fsp3) is 0.150. The van der Waals surface area contributed by atoms with Gasteiger partial charge in [-0.15, -0.1) is 0 Å². The van der Waals surface area contributed by atoms with Gasteiger partial charge in [0.2, 0.25) is 0 Å². The van der Waals surface area contributed by atoms with E-state index in [9.17, 15) is 14.4 Å². The number of rotatable bonds is 6. The number of benzene rings is 2. The number of β-amino-alcohol motifs (C(OH)–C–C–N with tert-alkyl or cyclic N) is 1. The van der Waals surface area contributed by atoms with Gasteiger partial charge < -0.3 is 15.3 Å².